The number of nitrogens with zero attached hydrogens (tertiary/aromatic N) is 1. The molecule has 0 spiro atoms. The number of carboxylic acid groups (broad SMARTS) is 1. The van der Waals surface area contributed by atoms with Gasteiger partial charge in [0.15, 0.2) is 5.69 Å². The van der Waals surface area contributed by atoms with Crippen molar-refractivity contribution in [2.75, 3.05) is 0 Å². The van der Waals surface area contributed by atoms with Gasteiger partial charge in [0, 0.05) is 6.20 Å². The Balaban J connectivity index is 2.30. The van der Waals surface area contributed by atoms with Gasteiger partial charge >= 0.3 is 5.97 Å². The van der Waals surface area contributed by atoms with E-state index in [2.05, 4.69) is 20.9 Å². The molecule has 0 amide bonds. The average molecular weight is 258 g/mol. The van der Waals surface area contributed by atoms with Crippen LogP contribution in [0.5, 0.6) is 5.75 Å². The summed E-state index contributed by atoms with van der Waals surface area (Å²) >= 11 is 3.17. The van der Waals surface area contributed by atoms with Crippen LogP contribution in [0.25, 0.3) is 0 Å². The predicted octanol–water partition coefficient (Wildman–Crippen LogP) is 2.08. The maximum atomic E-state index is 10.7. The molecule has 1 aliphatic carbocycles. The summed E-state index contributed by atoms with van der Waals surface area (Å²) in [4.78, 5) is 14.5. The van der Waals surface area contributed by atoms with E-state index in [1.807, 2.05) is 0 Å². The fourth-order valence-corrected chi connectivity index (χ4v) is 1.53. The summed E-state index contributed by atoms with van der Waals surface area (Å²) in [6.45, 7) is 0. The molecule has 0 atom stereocenters. The molecule has 1 heterocycles. The third-order valence-corrected chi connectivity index (χ3v) is 2.64. The second-order valence-corrected chi connectivity index (χ2v) is 3.89. The van der Waals surface area contributed by atoms with Crippen molar-refractivity contribution in [3.05, 3.63) is 22.4 Å². The normalized spacial score (nSPS) is 15.2. The lowest BCUT2D eigenvalue weighted by molar-refractivity contribution is 0.0688. The van der Waals surface area contributed by atoms with Crippen LogP contribution >= 0.6 is 15.9 Å². The van der Waals surface area contributed by atoms with E-state index in [0.717, 1.165) is 12.8 Å². The van der Waals surface area contributed by atoms with Crippen LogP contribution in [0.3, 0.4) is 0 Å². The van der Waals surface area contributed by atoms with Gasteiger partial charge in [0.25, 0.3) is 0 Å². The lowest BCUT2D eigenvalue weighted by Gasteiger charge is -2.07. The van der Waals surface area contributed by atoms with Gasteiger partial charge in [-0.1, -0.05) is 0 Å². The molecule has 4 nitrogen and oxygen atoms in total. The second kappa shape index (κ2) is 3.57. The zero-order valence-corrected chi connectivity index (χ0v) is 8.82. The first-order valence-corrected chi connectivity index (χ1v) is 5.02. The second-order valence-electron chi connectivity index (χ2n) is 3.09. The maximum absolute atomic E-state index is 10.7. The summed E-state index contributed by atoms with van der Waals surface area (Å²) < 4.78 is 5.91. The Labute approximate surface area is 89.0 Å². The summed E-state index contributed by atoms with van der Waals surface area (Å²) in [7, 11) is 0. The lowest BCUT2D eigenvalue weighted by Crippen LogP contribution is -2.04. The van der Waals surface area contributed by atoms with Crippen molar-refractivity contribution in [3.63, 3.8) is 0 Å². The first kappa shape index (κ1) is 9.45. The Hall–Kier alpha value is -1.10. The number of hydrogen-bond donors (Lipinski definition) is 1. The molecule has 1 aromatic rings. The molecule has 5 heteroatoms. The highest BCUT2D eigenvalue weighted by Crippen LogP contribution is 2.33. The quantitative estimate of drug-likeness (QED) is 0.901. The number of rotatable bonds is 3. The Kier molecular flexibility index (Phi) is 2.41. The highest BCUT2D eigenvalue weighted by atomic mass is 79.9. The van der Waals surface area contributed by atoms with E-state index >= 15 is 0 Å². The van der Waals surface area contributed by atoms with Gasteiger partial charge < -0.3 is 9.84 Å². The SMILES string of the molecule is O=C(O)c1nccc(OC2CC2)c1Br. The topological polar surface area (TPSA) is 59.4 Å². The van der Waals surface area contributed by atoms with Crippen molar-refractivity contribution in [2.45, 2.75) is 18.9 Å². The standard InChI is InChI=1S/C9H8BrNO3/c10-7-6(14-5-1-2-5)3-4-11-8(7)9(12)13/h3-5H,1-2H2,(H,12,13). The van der Waals surface area contributed by atoms with Crippen molar-refractivity contribution in [3.8, 4) is 5.75 Å². The molecular formula is C9H8BrNO3. The number of carbonyl (C=O) groups is 1. The van der Waals surface area contributed by atoms with E-state index in [1.165, 1.54) is 6.20 Å². The van der Waals surface area contributed by atoms with E-state index in [-0.39, 0.29) is 11.8 Å². The minimum absolute atomic E-state index is 0.0110. The molecule has 14 heavy (non-hydrogen) atoms. The molecule has 1 N–H and O–H groups in total. The first-order valence-electron chi connectivity index (χ1n) is 4.23. The molecule has 1 aliphatic rings. The Morgan fingerprint density at radius 1 is 1.64 bits per heavy atom. The smallest absolute Gasteiger partial charge is 0.355 e. The Bertz CT molecular complexity index is 376. The molecule has 0 radical (unpaired) electrons. The number of halogens is 1. The molecule has 0 bridgehead atoms. The van der Waals surface area contributed by atoms with Crippen LogP contribution in [0.1, 0.15) is 23.3 Å². The van der Waals surface area contributed by atoms with Crippen molar-refractivity contribution in [1.82, 2.24) is 4.98 Å². The van der Waals surface area contributed by atoms with Crippen molar-refractivity contribution in [2.24, 2.45) is 0 Å². The summed E-state index contributed by atoms with van der Waals surface area (Å²) in [6, 6.07) is 1.66. The van der Waals surface area contributed by atoms with Crippen LogP contribution in [0.15, 0.2) is 16.7 Å². The molecule has 0 aromatic carbocycles. The lowest BCUT2D eigenvalue weighted by atomic mass is 10.3. The fourth-order valence-electron chi connectivity index (χ4n) is 1.03. The number of aromatic nitrogens is 1. The number of pyridine rings is 1. The van der Waals surface area contributed by atoms with Crippen LogP contribution < -0.4 is 4.74 Å². The monoisotopic (exact) mass is 257 g/mol. The van der Waals surface area contributed by atoms with Crippen molar-refractivity contribution >= 4 is 21.9 Å². The Morgan fingerprint density at radius 3 is 2.93 bits per heavy atom. The molecular weight excluding hydrogens is 250 g/mol. The highest BCUT2D eigenvalue weighted by Gasteiger charge is 2.25. The molecule has 2 rings (SSSR count). The number of ether oxygens (including phenoxy) is 1. The maximum Gasteiger partial charge on any atom is 0.355 e. The molecule has 74 valence electrons. The van der Waals surface area contributed by atoms with Crippen LogP contribution in [0.4, 0.5) is 0 Å². The Morgan fingerprint density at radius 2 is 2.36 bits per heavy atom. The highest BCUT2D eigenvalue weighted by molar-refractivity contribution is 9.10. The molecule has 0 aliphatic heterocycles. The summed E-state index contributed by atoms with van der Waals surface area (Å²) in [6.07, 6.45) is 3.76. The van der Waals surface area contributed by atoms with Gasteiger partial charge in [-0.2, -0.15) is 0 Å². The van der Waals surface area contributed by atoms with Gasteiger partial charge in [0.05, 0.1) is 10.6 Å². The minimum Gasteiger partial charge on any atom is -0.489 e. The molecule has 1 fully saturated rings. The predicted molar refractivity (Wildman–Crippen MR) is 52.5 cm³/mol. The van der Waals surface area contributed by atoms with Crippen LogP contribution in [-0.2, 0) is 0 Å². The number of carboxylic acids is 1. The zero-order valence-electron chi connectivity index (χ0n) is 7.24. The van der Waals surface area contributed by atoms with E-state index in [1.54, 1.807) is 6.07 Å². The number of aromatic carboxylic acids is 1. The van der Waals surface area contributed by atoms with Gasteiger partial charge in [0.1, 0.15) is 5.75 Å². The molecule has 0 saturated heterocycles. The van der Waals surface area contributed by atoms with E-state index in [0.29, 0.717) is 10.2 Å². The molecule has 1 saturated carbocycles. The van der Waals surface area contributed by atoms with Crippen molar-refractivity contribution < 1.29 is 14.6 Å². The fraction of sp³-hybridized carbons (Fsp3) is 0.333. The van der Waals surface area contributed by atoms with E-state index in [4.69, 9.17) is 9.84 Å². The van der Waals surface area contributed by atoms with Gasteiger partial charge in [-0.3, -0.25) is 0 Å². The summed E-state index contributed by atoms with van der Waals surface area (Å²) in [5.41, 5.74) is -0.0110. The zero-order chi connectivity index (χ0) is 10.1. The molecule has 0 unspecified atom stereocenters. The third-order valence-electron chi connectivity index (χ3n) is 1.87. The van der Waals surface area contributed by atoms with Crippen molar-refractivity contribution in [1.29, 1.82) is 0 Å². The first-order chi connectivity index (χ1) is 6.68. The third kappa shape index (κ3) is 1.87. The van der Waals surface area contributed by atoms with Crippen LogP contribution in [0.2, 0.25) is 0 Å². The van der Waals surface area contributed by atoms with Crippen LogP contribution in [0, 0.1) is 0 Å². The largest absolute Gasteiger partial charge is 0.489 e. The average Bonchev–Trinajstić information content (AvgIpc) is 2.92. The van der Waals surface area contributed by atoms with Crippen LogP contribution in [-0.4, -0.2) is 22.2 Å². The van der Waals surface area contributed by atoms with E-state index < -0.39 is 5.97 Å². The van der Waals surface area contributed by atoms with Gasteiger partial charge in [-0.15, -0.1) is 0 Å². The van der Waals surface area contributed by atoms with Gasteiger partial charge in [0.2, 0.25) is 0 Å². The summed E-state index contributed by atoms with van der Waals surface area (Å²) in [5.74, 6) is -0.502. The number of hydrogen-bond acceptors (Lipinski definition) is 3. The van der Waals surface area contributed by atoms with E-state index in [9.17, 15) is 4.79 Å². The summed E-state index contributed by atoms with van der Waals surface area (Å²) in [5, 5.41) is 8.79. The minimum atomic E-state index is -1.06. The van der Waals surface area contributed by atoms with Gasteiger partial charge in [-0.05, 0) is 34.8 Å². The molecule has 1 aromatic heterocycles. The van der Waals surface area contributed by atoms with Gasteiger partial charge in [-0.25, -0.2) is 9.78 Å².